The van der Waals surface area contributed by atoms with Gasteiger partial charge in [0.15, 0.2) is 0 Å². The van der Waals surface area contributed by atoms with Crippen molar-refractivity contribution < 1.29 is 33.5 Å². The lowest BCUT2D eigenvalue weighted by Gasteiger charge is -2.43. The van der Waals surface area contributed by atoms with Crippen LogP contribution in [0.1, 0.15) is 166 Å². The van der Waals surface area contributed by atoms with Crippen molar-refractivity contribution >= 4 is 0 Å². The van der Waals surface area contributed by atoms with E-state index in [1.54, 1.807) is 0 Å². The number of aliphatic hydroxyl groups is 1. The lowest BCUT2D eigenvalue weighted by atomic mass is 9.70. The second-order valence-electron chi connectivity index (χ2n) is 21.9. The van der Waals surface area contributed by atoms with Crippen molar-refractivity contribution in [3.63, 3.8) is 0 Å². The van der Waals surface area contributed by atoms with E-state index in [0.29, 0.717) is 30.5 Å². The third-order valence-electron chi connectivity index (χ3n) is 17.2. The van der Waals surface area contributed by atoms with Crippen LogP contribution in [0.5, 0.6) is 11.5 Å². The van der Waals surface area contributed by atoms with Crippen LogP contribution >= 0.6 is 0 Å². The molecule has 2 saturated heterocycles. The summed E-state index contributed by atoms with van der Waals surface area (Å²) in [4.78, 5) is 0. The van der Waals surface area contributed by atoms with E-state index in [9.17, 15) is 5.11 Å². The summed E-state index contributed by atoms with van der Waals surface area (Å²) in [5.74, 6) is 2.70. The highest BCUT2D eigenvalue weighted by Gasteiger charge is 2.48. The zero-order valence-corrected chi connectivity index (χ0v) is 42.2. The highest BCUT2D eigenvalue weighted by atomic mass is 16.6. The summed E-state index contributed by atoms with van der Waals surface area (Å²) in [5.41, 5.74) is 6.63. The average Bonchev–Trinajstić information content (AvgIpc) is 4.31. The SMILES string of the molecule is CCC(CC)(OCC(O)COc1ccc(C(C)(C)c2ccc(C(CC)(OCC3CO3)C(C)C3CCC4(CCCCCC4)C3)cc2)cc1)c1ccc(C(C)(C)c2ccc(OCC3CO3)cc2)cc1. The summed E-state index contributed by atoms with van der Waals surface area (Å²) in [7, 11) is 0. The number of epoxide rings is 2. The standard InChI is InChI=1S/C60H82O7/c1-9-59(10-2,49-20-16-45(17-21-49)56(5,6)48-26-30-53(31-27-48)63-39-54-40-64-54)66-38-51(61)37-62-52-28-24-47(25-29-52)57(7,8)46-18-22-50(23-19-46)60(11-3,67-42-55-41-65-55)43(4)44-32-35-58(36-44)33-14-12-13-15-34-58/h16-31,43-44,51,54-55,61H,9-15,32-42H2,1-8H3. The van der Waals surface area contributed by atoms with Crippen LogP contribution in [-0.2, 0) is 41.0 Å². The molecule has 2 aliphatic heterocycles. The van der Waals surface area contributed by atoms with Gasteiger partial charge in [0.1, 0.15) is 43.0 Å². The van der Waals surface area contributed by atoms with Crippen LogP contribution in [0.4, 0.5) is 0 Å². The molecule has 364 valence electrons. The van der Waals surface area contributed by atoms with E-state index in [1.165, 1.54) is 85.6 Å². The van der Waals surface area contributed by atoms with Crippen LogP contribution in [0, 0.1) is 17.3 Å². The number of rotatable bonds is 23. The molecule has 67 heavy (non-hydrogen) atoms. The highest BCUT2D eigenvalue weighted by molar-refractivity contribution is 5.43. The van der Waals surface area contributed by atoms with Gasteiger partial charge in [-0.25, -0.2) is 0 Å². The van der Waals surface area contributed by atoms with Gasteiger partial charge in [0.2, 0.25) is 0 Å². The minimum Gasteiger partial charge on any atom is -0.491 e. The molecular formula is C60H82O7. The van der Waals surface area contributed by atoms with Gasteiger partial charge < -0.3 is 33.5 Å². The van der Waals surface area contributed by atoms with E-state index in [1.807, 2.05) is 24.3 Å². The van der Waals surface area contributed by atoms with E-state index >= 15 is 0 Å². The molecule has 0 amide bonds. The van der Waals surface area contributed by atoms with Crippen LogP contribution in [-0.4, -0.2) is 63.1 Å². The minimum absolute atomic E-state index is 0.146. The van der Waals surface area contributed by atoms with Crippen molar-refractivity contribution in [3.05, 3.63) is 130 Å². The molecule has 7 nitrogen and oxygen atoms in total. The van der Waals surface area contributed by atoms with Crippen molar-refractivity contribution in [2.75, 3.05) is 39.6 Å². The Labute approximate surface area is 403 Å². The molecular weight excluding hydrogens is 833 g/mol. The summed E-state index contributed by atoms with van der Waals surface area (Å²) in [6.07, 6.45) is 14.8. The molecule has 2 heterocycles. The first-order valence-electron chi connectivity index (χ1n) is 26.1. The Morgan fingerprint density at radius 2 is 1.03 bits per heavy atom. The molecule has 0 radical (unpaired) electrons. The molecule has 7 heteroatoms. The van der Waals surface area contributed by atoms with Gasteiger partial charge in [-0.15, -0.1) is 0 Å². The Hall–Kier alpha value is -3.72. The molecule has 6 unspecified atom stereocenters. The Morgan fingerprint density at radius 1 is 0.567 bits per heavy atom. The van der Waals surface area contributed by atoms with Crippen molar-refractivity contribution in [1.82, 2.24) is 0 Å². The number of ether oxygens (including phenoxy) is 6. The molecule has 1 N–H and O–H groups in total. The van der Waals surface area contributed by atoms with Crippen LogP contribution in [0.25, 0.3) is 0 Å². The highest BCUT2D eigenvalue weighted by Crippen LogP contribution is 2.56. The average molecular weight is 915 g/mol. The Balaban J connectivity index is 0.862. The molecule has 6 atom stereocenters. The Morgan fingerprint density at radius 3 is 1.52 bits per heavy atom. The summed E-state index contributed by atoms with van der Waals surface area (Å²) in [6, 6.07) is 35.0. The Kier molecular flexibility index (Phi) is 15.7. The zero-order valence-electron chi connectivity index (χ0n) is 42.2. The first kappa shape index (κ1) is 49.7. The van der Waals surface area contributed by atoms with Gasteiger partial charge >= 0.3 is 0 Å². The fourth-order valence-corrected chi connectivity index (χ4v) is 11.9. The van der Waals surface area contributed by atoms with Gasteiger partial charge in [-0.1, -0.05) is 154 Å². The second kappa shape index (κ2) is 21.1. The monoisotopic (exact) mass is 915 g/mol. The molecule has 2 aliphatic carbocycles. The van der Waals surface area contributed by atoms with Crippen LogP contribution in [0.2, 0.25) is 0 Å². The first-order valence-corrected chi connectivity index (χ1v) is 26.1. The van der Waals surface area contributed by atoms with Crippen LogP contribution in [0.3, 0.4) is 0 Å². The maximum atomic E-state index is 11.1. The summed E-state index contributed by atoms with van der Waals surface area (Å²) < 4.78 is 36.6. The Bertz CT molecular complexity index is 2140. The van der Waals surface area contributed by atoms with Crippen molar-refractivity contribution in [2.24, 2.45) is 17.3 Å². The van der Waals surface area contributed by atoms with E-state index in [-0.39, 0.29) is 41.9 Å². The molecule has 4 aromatic rings. The lowest BCUT2D eigenvalue weighted by Crippen LogP contribution is -2.41. The molecule has 0 bridgehead atoms. The molecule has 8 rings (SSSR count). The maximum absolute atomic E-state index is 11.1. The lowest BCUT2D eigenvalue weighted by molar-refractivity contribution is -0.112. The zero-order chi connectivity index (χ0) is 47.3. The van der Waals surface area contributed by atoms with Gasteiger partial charge in [-0.3, -0.25) is 0 Å². The molecule has 0 aromatic heterocycles. The molecule has 4 aliphatic rings. The number of aliphatic hydroxyl groups excluding tert-OH is 1. The molecule has 4 aromatic carbocycles. The number of hydrogen-bond acceptors (Lipinski definition) is 7. The maximum Gasteiger partial charge on any atom is 0.119 e. The van der Waals surface area contributed by atoms with Crippen LogP contribution in [0.15, 0.2) is 97.1 Å². The largest absolute Gasteiger partial charge is 0.491 e. The van der Waals surface area contributed by atoms with Crippen molar-refractivity contribution in [1.29, 1.82) is 0 Å². The van der Waals surface area contributed by atoms with E-state index < -0.39 is 11.7 Å². The van der Waals surface area contributed by atoms with Gasteiger partial charge in [0.05, 0.1) is 37.6 Å². The normalized spacial score (nSPS) is 22.4. The minimum atomic E-state index is -0.778. The van der Waals surface area contributed by atoms with Crippen molar-refractivity contribution in [3.8, 4) is 11.5 Å². The van der Waals surface area contributed by atoms with Gasteiger partial charge in [0.25, 0.3) is 0 Å². The molecule has 4 fully saturated rings. The number of benzene rings is 4. The first-order chi connectivity index (χ1) is 32.2. The van der Waals surface area contributed by atoms with Gasteiger partial charge in [-0.2, -0.15) is 0 Å². The topological polar surface area (TPSA) is 82.2 Å². The summed E-state index contributed by atoms with van der Waals surface area (Å²) in [6.45, 7) is 21.4. The fraction of sp³-hybridized carbons (Fsp3) is 0.600. The van der Waals surface area contributed by atoms with Gasteiger partial charge in [-0.05, 0) is 126 Å². The second-order valence-corrected chi connectivity index (χ2v) is 21.9. The van der Waals surface area contributed by atoms with E-state index in [2.05, 4.69) is 128 Å². The van der Waals surface area contributed by atoms with Gasteiger partial charge in [0, 0.05) is 10.8 Å². The van der Waals surface area contributed by atoms with Crippen molar-refractivity contribution in [2.45, 2.75) is 173 Å². The predicted octanol–water partition coefficient (Wildman–Crippen LogP) is 13.4. The smallest absolute Gasteiger partial charge is 0.119 e. The quantitative estimate of drug-likeness (QED) is 0.0742. The summed E-state index contributed by atoms with van der Waals surface area (Å²) >= 11 is 0. The van der Waals surface area contributed by atoms with Crippen LogP contribution < -0.4 is 9.47 Å². The van der Waals surface area contributed by atoms with E-state index in [0.717, 1.165) is 49.5 Å². The fourth-order valence-electron chi connectivity index (χ4n) is 11.9. The number of hydrogen-bond donors (Lipinski definition) is 1. The third-order valence-corrected chi connectivity index (χ3v) is 17.2. The third kappa shape index (κ3) is 11.3. The van der Waals surface area contributed by atoms with E-state index in [4.69, 9.17) is 28.4 Å². The molecule has 1 spiro atoms. The molecule has 2 saturated carbocycles. The summed E-state index contributed by atoms with van der Waals surface area (Å²) in [5, 5.41) is 11.1. The predicted molar refractivity (Wildman–Crippen MR) is 269 cm³/mol.